The molecule has 2 rings (SSSR count). The minimum Gasteiger partial charge on any atom is -0.389 e. The molecular weight excluding hydrogens is 258 g/mol. The van der Waals surface area contributed by atoms with Crippen molar-refractivity contribution in [2.24, 2.45) is 0 Å². The fourth-order valence-electron chi connectivity index (χ4n) is 1.75. The van der Waals surface area contributed by atoms with Crippen molar-refractivity contribution in [2.45, 2.75) is 17.1 Å². The molecule has 0 spiro atoms. The SMILES string of the molecule is N#Cc1ncccc1S(=O)(=O)N1C[C@@H](O)[C@@H](O)C1. The molecule has 0 saturated carbocycles. The first-order chi connectivity index (χ1) is 8.46. The number of pyridine rings is 1. The van der Waals surface area contributed by atoms with E-state index in [-0.39, 0.29) is 23.7 Å². The molecule has 1 aromatic rings. The van der Waals surface area contributed by atoms with Crippen LogP contribution in [0.4, 0.5) is 0 Å². The molecule has 96 valence electrons. The quantitative estimate of drug-likeness (QED) is 0.688. The number of hydrogen-bond acceptors (Lipinski definition) is 6. The number of aliphatic hydroxyl groups excluding tert-OH is 2. The molecule has 0 radical (unpaired) electrons. The molecule has 1 aliphatic heterocycles. The van der Waals surface area contributed by atoms with E-state index in [2.05, 4.69) is 4.98 Å². The average Bonchev–Trinajstić information content (AvgIpc) is 2.70. The molecule has 2 heterocycles. The summed E-state index contributed by atoms with van der Waals surface area (Å²) in [5.74, 6) is 0. The molecule has 7 nitrogen and oxygen atoms in total. The lowest BCUT2D eigenvalue weighted by Gasteiger charge is -2.15. The van der Waals surface area contributed by atoms with Crippen LogP contribution in [0.2, 0.25) is 0 Å². The molecular formula is C10H11N3O4S. The Morgan fingerprint density at radius 1 is 1.39 bits per heavy atom. The Balaban J connectivity index is 2.41. The summed E-state index contributed by atoms with van der Waals surface area (Å²) in [5, 5.41) is 27.6. The molecule has 2 N–H and O–H groups in total. The summed E-state index contributed by atoms with van der Waals surface area (Å²) in [6, 6.07) is 4.39. The zero-order chi connectivity index (χ0) is 13.3. The molecule has 1 aliphatic rings. The molecule has 1 saturated heterocycles. The van der Waals surface area contributed by atoms with Crippen molar-refractivity contribution >= 4 is 10.0 Å². The topological polar surface area (TPSA) is 115 Å². The lowest BCUT2D eigenvalue weighted by Crippen LogP contribution is -2.30. The highest BCUT2D eigenvalue weighted by Gasteiger charge is 2.38. The van der Waals surface area contributed by atoms with Gasteiger partial charge in [-0.25, -0.2) is 13.4 Å². The maximum Gasteiger partial charge on any atom is 0.246 e. The third-order valence-electron chi connectivity index (χ3n) is 2.72. The van der Waals surface area contributed by atoms with Crippen LogP contribution in [0.15, 0.2) is 23.2 Å². The van der Waals surface area contributed by atoms with Crippen molar-refractivity contribution in [1.82, 2.24) is 9.29 Å². The van der Waals surface area contributed by atoms with Gasteiger partial charge in [-0.3, -0.25) is 0 Å². The van der Waals surface area contributed by atoms with E-state index >= 15 is 0 Å². The van der Waals surface area contributed by atoms with Crippen molar-refractivity contribution in [3.63, 3.8) is 0 Å². The van der Waals surface area contributed by atoms with Gasteiger partial charge >= 0.3 is 0 Å². The first-order valence-corrected chi connectivity index (χ1v) is 6.62. The summed E-state index contributed by atoms with van der Waals surface area (Å²) in [5.41, 5.74) is -0.201. The predicted molar refractivity (Wildman–Crippen MR) is 59.7 cm³/mol. The number of sulfonamides is 1. The molecule has 18 heavy (non-hydrogen) atoms. The number of rotatable bonds is 2. The molecule has 0 unspecified atom stereocenters. The van der Waals surface area contributed by atoms with Gasteiger partial charge in [0.15, 0.2) is 5.69 Å². The highest BCUT2D eigenvalue weighted by Crippen LogP contribution is 2.22. The third kappa shape index (κ3) is 2.09. The molecule has 8 heteroatoms. The Kier molecular flexibility index (Phi) is 3.32. The van der Waals surface area contributed by atoms with Crippen molar-refractivity contribution in [3.8, 4) is 6.07 Å². The standard InChI is InChI=1S/C10H11N3O4S/c11-4-7-10(2-1-3-12-7)18(16,17)13-5-8(14)9(15)6-13/h1-3,8-9,14-15H,5-6H2/t8-,9+. The van der Waals surface area contributed by atoms with Crippen LogP contribution < -0.4 is 0 Å². The summed E-state index contributed by atoms with van der Waals surface area (Å²) in [6.07, 6.45) is -0.894. The van der Waals surface area contributed by atoms with Gasteiger partial charge in [0, 0.05) is 19.3 Å². The van der Waals surface area contributed by atoms with Crippen LogP contribution in [0.1, 0.15) is 5.69 Å². The Morgan fingerprint density at radius 3 is 2.56 bits per heavy atom. The second kappa shape index (κ2) is 4.62. The number of nitriles is 1. The Morgan fingerprint density at radius 2 is 2.00 bits per heavy atom. The third-order valence-corrected chi connectivity index (χ3v) is 4.58. The summed E-state index contributed by atoms with van der Waals surface area (Å²) in [7, 11) is -3.92. The highest BCUT2D eigenvalue weighted by atomic mass is 32.2. The van der Waals surface area contributed by atoms with Crippen LogP contribution in [0, 0.1) is 11.3 Å². The van der Waals surface area contributed by atoms with Crippen molar-refractivity contribution in [2.75, 3.05) is 13.1 Å². The van der Waals surface area contributed by atoms with E-state index in [1.807, 2.05) is 0 Å². The number of hydrogen-bond donors (Lipinski definition) is 2. The van der Waals surface area contributed by atoms with Gasteiger partial charge in [0.05, 0.1) is 12.2 Å². The van der Waals surface area contributed by atoms with E-state index in [1.54, 1.807) is 6.07 Å². The maximum atomic E-state index is 12.2. The van der Waals surface area contributed by atoms with Crippen LogP contribution in [0.3, 0.4) is 0 Å². The van der Waals surface area contributed by atoms with Crippen LogP contribution >= 0.6 is 0 Å². The second-order valence-electron chi connectivity index (χ2n) is 3.92. The average molecular weight is 269 g/mol. The lowest BCUT2D eigenvalue weighted by molar-refractivity contribution is 0.0572. The minimum absolute atomic E-state index is 0.191. The van der Waals surface area contributed by atoms with E-state index in [1.165, 1.54) is 18.3 Å². The molecule has 0 bridgehead atoms. The molecule has 0 amide bonds. The summed E-state index contributed by atoms with van der Waals surface area (Å²) >= 11 is 0. The fraction of sp³-hybridized carbons (Fsp3) is 0.400. The van der Waals surface area contributed by atoms with Crippen LogP contribution in [-0.2, 0) is 10.0 Å². The Hall–Kier alpha value is -1.53. The Bertz CT molecular complexity index is 585. The van der Waals surface area contributed by atoms with Gasteiger partial charge in [-0.2, -0.15) is 9.57 Å². The number of β-amino-alcohol motifs (C(OH)–C–C–N with tert-alkyl or cyclic N) is 2. The van der Waals surface area contributed by atoms with Crippen LogP contribution in [0.25, 0.3) is 0 Å². The molecule has 2 atom stereocenters. The van der Waals surface area contributed by atoms with Gasteiger partial charge in [0.25, 0.3) is 0 Å². The van der Waals surface area contributed by atoms with Gasteiger partial charge in [0.1, 0.15) is 11.0 Å². The van der Waals surface area contributed by atoms with E-state index in [0.717, 1.165) is 4.31 Å². The summed E-state index contributed by atoms with van der Waals surface area (Å²) < 4.78 is 25.4. The van der Waals surface area contributed by atoms with Gasteiger partial charge in [-0.1, -0.05) is 0 Å². The Labute approximate surface area is 104 Å². The predicted octanol–water partition coefficient (Wildman–Crippen LogP) is -1.32. The lowest BCUT2D eigenvalue weighted by atomic mass is 10.3. The number of aromatic nitrogens is 1. The zero-order valence-corrected chi connectivity index (χ0v) is 10.1. The smallest absolute Gasteiger partial charge is 0.246 e. The van der Waals surface area contributed by atoms with Gasteiger partial charge in [-0.05, 0) is 12.1 Å². The number of aliphatic hydroxyl groups is 2. The summed E-state index contributed by atoms with van der Waals surface area (Å²) in [4.78, 5) is 3.47. The molecule has 0 aromatic carbocycles. The molecule has 0 aliphatic carbocycles. The zero-order valence-electron chi connectivity index (χ0n) is 9.26. The van der Waals surface area contributed by atoms with Gasteiger partial charge in [-0.15, -0.1) is 0 Å². The fourth-order valence-corrected chi connectivity index (χ4v) is 3.32. The first-order valence-electron chi connectivity index (χ1n) is 5.18. The number of nitrogens with zero attached hydrogens (tertiary/aromatic N) is 3. The van der Waals surface area contributed by atoms with Gasteiger partial charge < -0.3 is 10.2 Å². The van der Waals surface area contributed by atoms with Crippen molar-refractivity contribution < 1.29 is 18.6 Å². The normalized spacial score (nSPS) is 24.9. The first kappa shape index (κ1) is 12.9. The second-order valence-corrected chi connectivity index (χ2v) is 5.83. The van der Waals surface area contributed by atoms with Gasteiger partial charge in [0.2, 0.25) is 10.0 Å². The van der Waals surface area contributed by atoms with Crippen LogP contribution in [0.5, 0.6) is 0 Å². The summed E-state index contributed by atoms with van der Waals surface area (Å²) in [6.45, 7) is -0.382. The van der Waals surface area contributed by atoms with E-state index in [0.29, 0.717) is 0 Å². The van der Waals surface area contributed by atoms with Crippen LogP contribution in [-0.4, -0.2) is 53.2 Å². The van der Waals surface area contributed by atoms with E-state index in [4.69, 9.17) is 5.26 Å². The largest absolute Gasteiger partial charge is 0.389 e. The van der Waals surface area contributed by atoms with Crippen molar-refractivity contribution in [1.29, 1.82) is 5.26 Å². The van der Waals surface area contributed by atoms with Crippen molar-refractivity contribution in [3.05, 3.63) is 24.0 Å². The maximum absolute atomic E-state index is 12.2. The monoisotopic (exact) mass is 269 g/mol. The van der Waals surface area contributed by atoms with E-state index in [9.17, 15) is 18.6 Å². The van der Waals surface area contributed by atoms with E-state index < -0.39 is 22.2 Å². The molecule has 1 fully saturated rings. The molecule has 1 aromatic heterocycles. The highest BCUT2D eigenvalue weighted by molar-refractivity contribution is 7.89. The minimum atomic E-state index is -3.92.